The molecule has 0 heterocycles. The molecular weight excluding hydrogens is 244 g/mol. The fourth-order valence-electron chi connectivity index (χ4n) is 1.58. The summed E-state index contributed by atoms with van der Waals surface area (Å²) < 4.78 is 0. The highest BCUT2D eigenvalue weighted by Gasteiger charge is 2.12. The standard InChI is InChI=1S/C14H28N2O3/c1-11(2)5-7-16(8-6-12(3)4)10-13(17)15-9-14(18)19/h11-12H,5-10H2,1-4H3,(H,15,17)(H,18,19). The monoisotopic (exact) mass is 272 g/mol. The van der Waals surface area contributed by atoms with Gasteiger partial charge in [-0.2, -0.15) is 0 Å². The molecule has 0 bridgehead atoms. The molecule has 0 saturated carbocycles. The van der Waals surface area contributed by atoms with E-state index in [9.17, 15) is 9.59 Å². The van der Waals surface area contributed by atoms with Gasteiger partial charge >= 0.3 is 5.97 Å². The maximum absolute atomic E-state index is 11.6. The molecule has 2 N–H and O–H groups in total. The van der Waals surface area contributed by atoms with E-state index in [0.717, 1.165) is 25.9 Å². The lowest BCUT2D eigenvalue weighted by atomic mass is 10.1. The first-order valence-electron chi connectivity index (χ1n) is 7.02. The van der Waals surface area contributed by atoms with Gasteiger partial charge in [0.2, 0.25) is 5.91 Å². The van der Waals surface area contributed by atoms with Crippen molar-refractivity contribution in [1.29, 1.82) is 0 Å². The second-order valence-electron chi connectivity index (χ2n) is 5.81. The number of nitrogens with one attached hydrogen (secondary N) is 1. The Bertz CT molecular complexity index is 266. The number of nitrogens with zero attached hydrogens (tertiary/aromatic N) is 1. The normalized spacial score (nSPS) is 11.3. The van der Waals surface area contributed by atoms with E-state index >= 15 is 0 Å². The quantitative estimate of drug-likeness (QED) is 0.633. The van der Waals surface area contributed by atoms with Crippen LogP contribution in [0.1, 0.15) is 40.5 Å². The van der Waals surface area contributed by atoms with Gasteiger partial charge in [-0.25, -0.2) is 0 Å². The van der Waals surface area contributed by atoms with Crippen LogP contribution in [0, 0.1) is 11.8 Å². The number of amides is 1. The molecule has 0 rings (SSSR count). The van der Waals surface area contributed by atoms with Crippen LogP contribution < -0.4 is 5.32 Å². The maximum Gasteiger partial charge on any atom is 0.322 e. The predicted octanol–water partition coefficient (Wildman–Crippen LogP) is 1.58. The topological polar surface area (TPSA) is 69.6 Å². The summed E-state index contributed by atoms with van der Waals surface area (Å²) >= 11 is 0. The van der Waals surface area contributed by atoms with Crippen molar-refractivity contribution in [3.05, 3.63) is 0 Å². The number of carbonyl (C=O) groups is 2. The van der Waals surface area contributed by atoms with Crippen LogP contribution in [0.25, 0.3) is 0 Å². The second kappa shape index (κ2) is 9.78. The van der Waals surface area contributed by atoms with Crippen LogP contribution >= 0.6 is 0 Å². The molecular formula is C14H28N2O3. The molecule has 0 aliphatic heterocycles. The Kier molecular flexibility index (Phi) is 9.21. The van der Waals surface area contributed by atoms with Gasteiger partial charge in [0.05, 0.1) is 6.54 Å². The smallest absolute Gasteiger partial charge is 0.322 e. The highest BCUT2D eigenvalue weighted by atomic mass is 16.4. The van der Waals surface area contributed by atoms with E-state index < -0.39 is 5.97 Å². The van der Waals surface area contributed by atoms with Crippen molar-refractivity contribution in [2.45, 2.75) is 40.5 Å². The lowest BCUT2D eigenvalue weighted by Gasteiger charge is -2.23. The van der Waals surface area contributed by atoms with Crippen molar-refractivity contribution in [2.24, 2.45) is 11.8 Å². The van der Waals surface area contributed by atoms with E-state index in [4.69, 9.17) is 5.11 Å². The molecule has 5 heteroatoms. The van der Waals surface area contributed by atoms with Crippen LogP contribution in [0.4, 0.5) is 0 Å². The highest BCUT2D eigenvalue weighted by molar-refractivity contribution is 5.82. The molecule has 0 radical (unpaired) electrons. The Morgan fingerprint density at radius 3 is 1.89 bits per heavy atom. The van der Waals surface area contributed by atoms with Gasteiger partial charge in [0.15, 0.2) is 0 Å². The number of aliphatic carboxylic acids is 1. The van der Waals surface area contributed by atoms with Crippen molar-refractivity contribution in [1.82, 2.24) is 10.2 Å². The van der Waals surface area contributed by atoms with Crippen molar-refractivity contribution in [2.75, 3.05) is 26.2 Å². The Balaban J connectivity index is 4.14. The molecule has 0 atom stereocenters. The zero-order valence-corrected chi connectivity index (χ0v) is 12.6. The van der Waals surface area contributed by atoms with E-state index in [1.54, 1.807) is 0 Å². The van der Waals surface area contributed by atoms with Crippen LogP contribution in [-0.4, -0.2) is 48.1 Å². The number of carbonyl (C=O) groups excluding carboxylic acids is 1. The van der Waals surface area contributed by atoms with Crippen molar-refractivity contribution in [3.8, 4) is 0 Å². The van der Waals surface area contributed by atoms with Crippen LogP contribution in [0.3, 0.4) is 0 Å². The first-order chi connectivity index (χ1) is 8.81. The van der Waals surface area contributed by atoms with Gasteiger partial charge in [-0.15, -0.1) is 0 Å². The third kappa shape index (κ3) is 11.7. The number of rotatable bonds is 10. The van der Waals surface area contributed by atoms with Gasteiger partial charge in [0.25, 0.3) is 0 Å². The summed E-state index contributed by atoms with van der Waals surface area (Å²) in [6.07, 6.45) is 2.09. The molecule has 0 aliphatic carbocycles. The fourth-order valence-corrected chi connectivity index (χ4v) is 1.58. The zero-order valence-electron chi connectivity index (χ0n) is 12.6. The van der Waals surface area contributed by atoms with Crippen LogP contribution in [0.5, 0.6) is 0 Å². The molecule has 1 amide bonds. The second-order valence-corrected chi connectivity index (χ2v) is 5.81. The van der Waals surface area contributed by atoms with Gasteiger partial charge < -0.3 is 10.4 Å². The minimum atomic E-state index is -1.01. The van der Waals surface area contributed by atoms with Gasteiger partial charge in [0.1, 0.15) is 6.54 Å². The van der Waals surface area contributed by atoms with Gasteiger partial charge in [-0.05, 0) is 37.8 Å². The van der Waals surface area contributed by atoms with E-state index in [0.29, 0.717) is 11.8 Å². The SMILES string of the molecule is CC(C)CCN(CCC(C)C)CC(=O)NCC(=O)O. The summed E-state index contributed by atoms with van der Waals surface area (Å²) in [6.45, 7) is 10.4. The largest absolute Gasteiger partial charge is 0.480 e. The van der Waals surface area contributed by atoms with E-state index in [-0.39, 0.29) is 19.0 Å². The lowest BCUT2D eigenvalue weighted by molar-refractivity contribution is -0.138. The van der Waals surface area contributed by atoms with Crippen LogP contribution in [0.2, 0.25) is 0 Å². The number of carboxylic acids is 1. The molecule has 0 saturated heterocycles. The molecule has 0 unspecified atom stereocenters. The highest BCUT2D eigenvalue weighted by Crippen LogP contribution is 2.06. The third-order valence-electron chi connectivity index (χ3n) is 2.85. The first kappa shape index (κ1) is 17.9. The molecule has 0 aromatic rings. The van der Waals surface area contributed by atoms with Crippen LogP contribution in [0.15, 0.2) is 0 Å². The van der Waals surface area contributed by atoms with Gasteiger partial charge in [-0.3, -0.25) is 14.5 Å². The number of carboxylic acid groups (broad SMARTS) is 1. The molecule has 0 spiro atoms. The number of hydrogen-bond acceptors (Lipinski definition) is 3. The Labute approximate surface area is 116 Å². The Morgan fingerprint density at radius 1 is 1.05 bits per heavy atom. The molecule has 0 fully saturated rings. The zero-order chi connectivity index (χ0) is 14.8. The van der Waals surface area contributed by atoms with E-state index in [1.165, 1.54) is 0 Å². The average Bonchev–Trinajstić information content (AvgIpc) is 2.29. The summed E-state index contributed by atoms with van der Waals surface area (Å²) in [5.41, 5.74) is 0. The van der Waals surface area contributed by atoms with Crippen molar-refractivity contribution < 1.29 is 14.7 Å². The minimum Gasteiger partial charge on any atom is -0.480 e. The van der Waals surface area contributed by atoms with Gasteiger partial charge in [-0.1, -0.05) is 27.7 Å². The Morgan fingerprint density at radius 2 is 1.53 bits per heavy atom. The molecule has 0 aromatic heterocycles. The maximum atomic E-state index is 11.6. The van der Waals surface area contributed by atoms with Crippen molar-refractivity contribution >= 4 is 11.9 Å². The van der Waals surface area contributed by atoms with E-state index in [2.05, 4.69) is 37.9 Å². The summed E-state index contributed by atoms with van der Waals surface area (Å²) in [7, 11) is 0. The average molecular weight is 272 g/mol. The fraction of sp³-hybridized carbons (Fsp3) is 0.857. The lowest BCUT2D eigenvalue weighted by Crippen LogP contribution is -2.40. The summed E-state index contributed by atoms with van der Waals surface area (Å²) in [5, 5.41) is 10.9. The van der Waals surface area contributed by atoms with Gasteiger partial charge in [0, 0.05) is 0 Å². The first-order valence-corrected chi connectivity index (χ1v) is 7.02. The minimum absolute atomic E-state index is 0.213. The summed E-state index contributed by atoms with van der Waals surface area (Å²) in [4.78, 5) is 24.1. The third-order valence-corrected chi connectivity index (χ3v) is 2.85. The predicted molar refractivity (Wildman–Crippen MR) is 76.0 cm³/mol. The van der Waals surface area contributed by atoms with E-state index in [1.807, 2.05) is 0 Å². The summed E-state index contributed by atoms with van der Waals surface area (Å²) in [6, 6.07) is 0. The Hall–Kier alpha value is -1.10. The van der Waals surface area contributed by atoms with Crippen LogP contribution in [-0.2, 0) is 9.59 Å². The molecule has 0 aromatic carbocycles. The summed E-state index contributed by atoms with van der Waals surface area (Å²) in [5.74, 6) is -0.0218. The number of hydrogen-bond donors (Lipinski definition) is 2. The van der Waals surface area contributed by atoms with Crippen molar-refractivity contribution in [3.63, 3.8) is 0 Å². The molecule has 112 valence electrons. The molecule has 5 nitrogen and oxygen atoms in total. The molecule has 0 aliphatic rings. The molecule has 19 heavy (non-hydrogen) atoms.